The van der Waals surface area contributed by atoms with Gasteiger partial charge in [0.25, 0.3) is 10.0 Å². The van der Waals surface area contributed by atoms with E-state index < -0.39 is 10.0 Å². The van der Waals surface area contributed by atoms with E-state index in [1.807, 2.05) is 0 Å². The smallest absolute Gasteiger partial charge is 0.276 e. The number of nitrogens with zero attached hydrogens (tertiary/aromatic N) is 2. The average Bonchev–Trinajstić information content (AvgIpc) is 3.21. The summed E-state index contributed by atoms with van der Waals surface area (Å²) in [4.78, 5) is 2.30. The molecule has 3 heterocycles. The molecule has 0 aliphatic carbocycles. The Morgan fingerprint density at radius 2 is 1.87 bits per heavy atom. The second-order valence-electron chi connectivity index (χ2n) is 6.46. The van der Waals surface area contributed by atoms with E-state index in [1.54, 1.807) is 12.1 Å². The Balaban J connectivity index is 1.69. The van der Waals surface area contributed by atoms with Crippen LogP contribution in [0.1, 0.15) is 44.3 Å². The lowest BCUT2D eigenvalue weighted by atomic mass is 9.99. The Morgan fingerprint density at radius 1 is 1.13 bits per heavy atom. The van der Waals surface area contributed by atoms with Gasteiger partial charge in [-0.15, -0.1) is 0 Å². The van der Waals surface area contributed by atoms with Crippen molar-refractivity contribution in [1.82, 2.24) is 9.21 Å². The first-order valence-corrected chi connectivity index (χ1v) is 9.99. The Bertz CT molecular complexity index is 605. The summed E-state index contributed by atoms with van der Waals surface area (Å²) in [5.41, 5.74) is 0. The van der Waals surface area contributed by atoms with Gasteiger partial charge < -0.3 is 9.52 Å². The van der Waals surface area contributed by atoms with Gasteiger partial charge in [0, 0.05) is 25.7 Å². The monoisotopic (exact) mass is 342 g/mol. The van der Waals surface area contributed by atoms with Crippen molar-refractivity contribution in [2.45, 2.75) is 56.2 Å². The first kappa shape index (κ1) is 17.0. The topological polar surface area (TPSA) is 74.0 Å². The lowest BCUT2D eigenvalue weighted by molar-refractivity contribution is 0.103. The van der Waals surface area contributed by atoms with Crippen LogP contribution in [0.4, 0.5) is 0 Å². The number of aliphatic hydroxyl groups excluding tert-OH is 1. The van der Waals surface area contributed by atoms with E-state index in [4.69, 9.17) is 4.42 Å². The quantitative estimate of drug-likeness (QED) is 0.853. The predicted octanol–water partition coefficient (Wildman–Crippen LogP) is 1.80. The number of aliphatic hydroxyl groups is 1. The average molecular weight is 342 g/mol. The maximum atomic E-state index is 12.5. The normalized spacial score (nSPS) is 24.3. The minimum atomic E-state index is -3.47. The number of hydrogen-bond donors (Lipinski definition) is 1. The zero-order valence-electron chi connectivity index (χ0n) is 13.5. The van der Waals surface area contributed by atoms with Gasteiger partial charge in [-0.25, -0.2) is 8.42 Å². The molecule has 2 saturated heterocycles. The fraction of sp³-hybridized carbons (Fsp3) is 0.750. The zero-order chi connectivity index (χ0) is 16.3. The van der Waals surface area contributed by atoms with Crippen LogP contribution in [-0.4, -0.2) is 55.0 Å². The maximum Gasteiger partial charge on any atom is 0.276 e. The van der Waals surface area contributed by atoms with Gasteiger partial charge in [0.1, 0.15) is 5.76 Å². The highest BCUT2D eigenvalue weighted by Gasteiger charge is 2.30. The van der Waals surface area contributed by atoms with E-state index in [-0.39, 0.29) is 11.7 Å². The summed E-state index contributed by atoms with van der Waals surface area (Å²) in [5, 5.41) is 9.26. The van der Waals surface area contributed by atoms with E-state index in [9.17, 15) is 13.5 Å². The summed E-state index contributed by atoms with van der Waals surface area (Å²) >= 11 is 0. The third-order valence-electron chi connectivity index (χ3n) is 4.87. The molecule has 1 aromatic heterocycles. The van der Waals surface area contributed by atoms with Crippen LogP contribution < -0.4 is 0 Å². The largest absolute Gasteiger partial charge is 0.447 e. The molecule has 2 aliphatic heterocycles. The van der Waals surface area contributed by atoms with Crippen molar-refractivity contribution in [3.63, 3.8) is 0 Å². The minimum Gasteiger partial charge on any atom is -0.447 e. The summed E-state index contributed by atoms with van der Waals surface area (Å²) in [5.74, 6) is 0.688. The summed E-state index contributed by atoms with van der Waals surface area (Å²) < 4.78 is 32.1. The van der Waals surface area contributed by atoms with Crippen molar-refractivity contribution in [2.24, 2.45) is 0 Å². The molecule has 6 nitrogen and oxygen atoms in total. The summed E-state index contributed by atoms with van der Waals surface area (Å²) in [6.45, 7) is 2.94. The number of piperidine rings is 1. The first-order chi connectivity index (χ1) is 11.1. The second kappa shape index (κ2) is 7.34. The van der Waals surface area contributed by atoms with Gasteiger partial charge in [-0.1, -0.05) is 6.42 Å². The Labute approximate surface area is 138 Å². The fourth-order valence-corrected chi connectivity index (χ4v) is 5.03. The molecule has 0 radical (unpaired) electrons. The van der Waals surface area contributed by atoms with Crippen molar-refractivity contribution in [3.05, 3.63) is 17.9 Å². The zero-order valence-corrected chi connectivity index (χ0v) is 14.3. The van der Waals surface area contributed by atoms with Crippen molar-refractivity contribution in [2.75, 3.05) is 26.2 Å². The molecule has 130 valence electrons. The number of hydrogen-bond acceptors (Lipinski definition) is 5. The van der Waals surface area contributed by atoms with Crippen LogP contribution in [0.3, 0.4) is 0 Å². The molecular weight excluding hydrogens is 316 g/mol. The third-order valence-corrected chi connectivity index (χ3v) is 6.64. The van der Waals surface area contributed by atoms with Gasteiger partial charge in [-0.3, -0.25) is 4.90 Å². The molecule has 1 aromatic rings. The van der Waals surface area contributed by atoms with Gasteiger partial charge in [-0.2, -0.15) is 4.31 Å². The van der Waals surface area contributed by atoms with Crippen LogP contribution in [0.2, 0.25) is 0 Å². The van der Waals surface area contributed by atoms with E-state index in [0.717, 1.165) is 38.6 Å². The predicted molar refractivity (Wildman–Crippen MR) is 86.5 cm³/mol. The summed E-state index contributed by atoms with van der Waals surface area (Å²) in [6.07, 6.45) is 6.02. The Kier molecular flexibility index (Phi) is 5.41. The second-order valence-corrected chi connectivity index (χ2v) is 8.33. The molecule has 3 rings (SSSR count). The Morgan fingerprint density at radius 3 is 2.61 bits per heavy atom. The van der Waals surface area contributed by atoms with Crippen LogP contribution in [0, 0.1) is 0 Å². The highest BCUT2D eigenvalue weighted by Crippen LogP contribution is 2.26. The first-order valence-electron chi connectivity index (χ1n) is 8.55. The molecule has 0 bridgehead atoms. The molecule has 1 atom stereocenters. The number of rotatable bonds is 6. The molecule has 0 saturated carbocycles. The highest BCUT2D eigenvalue weighted by molar-refractivity contribution is 7.89. The number of likely N-dealkylation sites (tertiary alicyclic amines) is 1. The molecule has 23 heavy (non-hydrogen) atoms. The van der Waals surface area contributed by atoms with Crippen molar-refractivity contribution in [1.29, 1.82) is 0 Å². The molecule has 0 amide bonds. The standard InChI is InChI=1S/C16H26N2O4S/c19-12-8-14-5-1-2-9-17(14)13-15-6-7-16(22-15)23(20,21)18-10-3-4-11-18/h6-7,14,19H,1-5,8-13H2/t14-/m1/s1. The molecular formula is C16H26N2O4S. The number of furan rings is 1. The van der Waals surface area contributed by atoms with Crippen molar-refractivity contribution >= 4 is 10.0 Å². The van der Waals surface area contributed by atoms with E-state index in [0.29, 0.717) is 31.4 Å². The van der Waals surface area contributed by atoms with E-state index in [1.165, 1.54) is 10.7 Å². The van der Waals surface area contributed by atoms with Crippen LogP contribution in [-0.2, 0) is 16.6 Å². The highest BCUT2D eigenvalue weighted by atomic mass is 32.2. The molecule has 0 unspecified atom stereocenters. The van der Waals surface area contributed by atoms with Crippen molar-refractivity contribution < 1.29 is 17.9 Å². The van der Waals surface area contributed by atoms with Crippen molar-refractivity contribution in [3.8, 4) is 0 Å². The minimum absolute atomic E-state index is 0.0603. The molecule has 2 aliphatic rings. The van der Waals surface area contributed by atoms with Crippen LogP contribution in [0.5, 0.6) is 0 Å². The molecule has 1 N–H and O–H groups in total. The number of sulfonamides is 1. The van der Waals surface area contributed by atoms with Gasteiger partial charge in [-0.05, 0) is 50.8 Å². The van der Waals surface area contributed by atoms with Gasteiger partial charge in [0.15, 0.2) is 0 Å². The molecule has 2 fully saturated rings. The van der Waals surface area contributed by atoms with E-state index >= 15 is 0 Å². The van der Waals surface area contributed by atoms with Gasteiger partial charge >= 0.3 is 0 Å². The van der Waals surface area contributed by atoms with E-state index in [2.05, 4.69) is 4.90 Å². The molecule has 0 spiro atoms. The summed E-state index contributed by atoms with van der Waals surface area (Å²) in [6, 6.07) is 3.71. The third kappa shape index (κ3) is 3.79. The van der Waals surface area contributed by atoms with Gasteiger partial charge in [0.2, 0.25) is 5.09 Å². The lowest BCUT2D eigenvalue weighted by Gasteiger charge is -2.34. The van der Waals surface area contributed by atoms with Crippen LogP contribution >= 0.6 is 0 Å². The molecule has 7 heteroatoms. The fourth-order valence-electron chi connectivity index (χ4n) is 3.58. The lowest BCUT2D eigenvalue weighted by Crippen LogP contribution is -2.39. The van der Waals surface area contributed by atoms with Gasteiger partial charge in [0.05, 0.1) is 6.54 Å². The van der Waals surface area contributed by atoms with Crippen LogP contribution in [0.25, 0.3) is 0 Å². The summed E-state index contributed by atoms with van der Waals surface area (Å²) in [7, 11) is -3.47. The molecule has 0 aromatic carbocycles. The SMILES string of the molecule is O=S(=O)(c1ccc(CN2CCCC[C@@H]2CCO)o1)N1CCCC1. The maximum absolute atomic E-state index is 12.5. The van der Waals surface area contributed by atoms with Crippen LogP contribution in [0.15, 0.2) is 21.6 Å². The Hall–Kier alpha value is -0.890.